The van der Waals surface area contributed by atoms with E-state index in [-0.39, 0.29) is 0 Å². The van der Waals surface area contributed by atoms with E-state index >= 15 is 0 Å². The molecule has 0 aromatic carbocycles. The smallest absolute Gasteiger partial charge is 0.263 e. The number of aromatic amines is 1. The number of halogens is 1. The highest BCUT2D eigenvalue weighted by atomic mass is 35.5. The number of nitrogens with one attached hydrogen (secondary N) is 2. The molecule has 0 aliphatic rings. The first-order valence-corrected chi connectivity index (χ1v) is 4.31. The second-order valence-electron chi connectivity index (χ2n) is 2.54. The van der Waals surface area contributed by atoms with Crippen LogP contribution in [0.4, 0.5) is 5.95 Å². The summed E-state index contributed by atoms with van der Waals surface area (Å²) < 4.78 is 0. The number of rotatable bonds is 3. The first-order valence-electron chi connectivity index (χ1n) is 3.93. The highest BCUT2D eigenvalue weighted by Crippen LogP contribution is 2.12. The van der Waals surface area contributed by atoms with E-state index in [4.69, 9.17) is 11.6 Å². The Morgan fingerprint density at radius 3 is 3.14 bits per heavy atom. The fourth-order valence-corrected chi connectivity index (χ4v) is 1.15. The van der Waals surface area contributed by atoms with Crippen molar-refractivity contribution in [1.82, 2.24) is 25.6 Å². The van der Waals surface area contributed by atoms with E-state index in [1.54, 1.807) is 6.20 Å². The lowest BCUT2D eigenvalue weighted by atomic mass is 10.3. The minimum atomic E-state index is 0.435. The zero-order valence-corrected chi connectivity index (χ0v) is 7.86. The van der Waals surface area contributed by atoms with Gasteiger partial charge in [-0.3, -0.25) is 0 Å². The molecule has 0 amide bonds. The fourth-order valence-electron chi connectivity index (χ4n) is 0.962. The Morgan fingerprint density at radius 1 is 1.50 bits per heavy atom. The number of hydrogen-bond acceptors (Lipinski definition) is 5. The molecular formula is C7H7ClN6. The van der Waals surface area contributed by atoms with Gasteiger partial charge in [-0.2, -0.15) is 5.21 Å². The lowest BCUT2D eigenvalue weighted by Gasteiger charge is -2.02. The number of tetrazole rings is 1. The van der Waals surface area contributed by atoms with E-state index in [0.29, 0.717) is 17.6 Å². The first kappa shape index (κ1) is 8.89. The molecule has 6 nitrogen and oxygen atoms in total. The summed E-state index contributed by atoms with van der Waals surface area (Å²) in [6, 6.07) is 3.70. The topological polar surface area (TPSA) is 79.4 Å². The molecule has 72 valence electrons. The van der Waals surface area contributed by atoms with Gasteiger partial charge < -0.3 is 5.32 Å². The monoisotopic (exact) mass is 210 g/mol. The van der Waals surface area contributed by atoms with Crippen molar-refractivity contribution < 1.29 is 0 Å². The summed E-state index contributed by atoms with van der Waals surface area (Å²) >= 11 is 5.85. The summed E-state index contributed by atoms with van der Waals surface area (Å²) in [5, 5.41) is 16.6. The van der Waals surface area contributed by atoms with Gasteiger partial charge in [0.25, 0.3) is 5.95 Å². The molecule has 7 heteroatoms. The van der Waals surface area contributed by atoms with Gasteiger partial charge in [0, 0.05) is 18.3 Å². The summed E-state index contributed by atoms with van der Waals surface area (Å²) in [6.45, 7) is 0.520. The maximum absolute atomic E-state index is 5.85. The molecule has 0 unspecified atom stereocenters. The van der Waals surface area contributed by atoms with Crippen LogP contribution in [0.1, 0.15) is 5.56 Å². The van der Waals surface area contributed by atoms with Crippen molar-refractivity contribution in [3.8, 4) is 0 Å². The molecule has 0 atom stereocenters. The van der Waals surface area contributed by atoms with E-state index in [1.165, 1.54) is 0 Å². The number of nitrogens with zero attached hydrogens (tertiary/aromatic N) is 4. The molecule has 0 fully saturated rings. The van der Waals surface area contributed by atoms with Crippen LogP contribution < -0.4 is 5.32 Å². The molecule has 0 aliphatic heterocycles. The van der Waals surface area contributed by atoms with Crippen molar-refractivity contribution in [2.45, 2.75) is 6.54 Å². The van der Waals surface area contributed by atoms with Gasteiger partial charge in [-0.15, -0.1) is 5.10 Å². The number of anilines is 1. The maximum Gasteiger partial charge on any atom is 0.263 e. The predicted octanol–water partition coefficient (Wildman–Crippen LogP) is 0.860. The first-order chi connectivity index (χ1) is 6.86. The molecule has 14 heavy (non-hydrogen) atoms. The Hall–Kier alpha value is -1.69. The van der Waals surface area contributed by atoms with Gasteiger partial charge in [-0.25, -0.2) is 4.98 Å². The Morgan fingerprint density at radius 2 is 2.43 bits per heavy atom. The van der Waals surface area contributed by atoms with Gasteiger partial charge in [0.15, 0.2) is 0 Å². The van der Waals surface area contributed by atoms with Crippen molar-refractivity contribution in [3.05, 3.63) is 29.0 Å². The SMILES string of the molecule is Clc1ncccc1CNc1nn[nH]n1. The van der Waals surface area contributed by atoms with Gasteiger partial charge in [0.2, 0.25) is 0 Å². The van der Waals surface area contributed by atoms with Gasteiger partial charge in [-0.1, -0.05) is 22.8 Å². The van der Waals surface area contributed by atoms with Crippen molar-refractivity contribution >= 4 is 17.5 Å². The van der Waals surface area contributed by atoms with Crippen LogP contribution >= 0.6 is 11.6 Å². The zero-order chi connectivity index (χ0) is 9.80. The maximum atomic E-state index is 5.85. The molecule has 0 aliphatic carbocycles. The zero-order valence-electron chi connectivity index (χ0n) is 7.11. The van der Waals surface area contributed by atoms with Crippen molar-refractivity contribution in [2.24, 2.45) is 0 Å². The largest absolute Gasteiger partial charge is 0.347 e. The van der Waals surface area contributed by atoms with Crippen LogP contribution in [0.2, 0.25) is 5.15 Å². The van der Waals surface area contributed by atoms with Crippen molar-refractivity contribution in [1.29, 1.82) is 0 Å². The Balaban J connectivity index is 2.02. The summed E-state index contributed by atoms with van der Waals surface area (Å²) in [5.74, 6) is 0.435. The van der Waals surface area contributed by atoms with Crippen LogP contribution in [-0.4, -0.2) is 25.6 Å². The number of H-pyrrole nitrogens is 1. The lowest BCUT2D eigenvalue weighted by molar-refractivity contribution is 0.881. The summed E-state index contributed by atoms with van der Waals surface area (Å²) in [7, 11) is 0. The van der Waals surface area contributed by atoms with E-state index in [9.17, 15) is 0 Å². The van der Waals surface area contributed by atoms with Crippen LogP contribution in [0.15, 0.2) is 18.3 Å². The minimum Gasteiger partial charge on any atom is -0.347 e. The molecule has 0 saturated carbocycles. The third kappa shape index (κ3) is 1.97. The van der Waals surface area contributed by atoms with Crippen LogP contribution in [0.25, 0.3) is 0 Å². The average molecular weight is 211 g/mol. The number of pyridine rings is 1. The normalized spacial score (nSPS) is 10.1. The lowest BCUT2D eigenvalue weighted by Crippen LogP contribution is -2.02. The van der Waals surface area contributed by atoms with Crippen molar-refractivity contribution in [3.63, 3.8) is 0 Å². The minimum absolute atomic E-state index is 0.435. The molecule has 2 aromatic heterocycles. The predicted molar refractivity (Wildman–Crippen MR) is 50.8 cm³/mol. The standard InChI is InChI=1S/C7H7ClN6/c8-6-5(2-1-3-9-6)4-10-7-11-13-14-12-7/h1-3H,4H2,(H2,10,11,12,13,14). The summed E-state index contributed by atoms with van der Waals surface area (Å²) in [5.41, 5.74) is 0.888. The molecule has 0 radical (unpaired) electrons. The molecule has 2 heterocycles. The third-order valence-electron chi connectivity index (χ3n) is 1.62. The van der Waals surface area contributed by atoms with Gasteiger partial charge in [0.1, 0.15) is 5.15 Å². The van der Waals surface area contributed by atoms with Gasteiger partial charge >= 0.3 is 0 Å². The summed E-state index contributed by atoms with van der Waals surface area (Å²) in [6.07, 6.45) is 1.64. The Bertz CT molecular complexity index is 400. The van der Waals surface area contributed by atoms with E-state index in [0.717, 1.165) is 5.56 Å². The molecular weight excluding hydrogens is 204 g/mol. The molecule has 2 rings (SSSR count). The highest BCUT2D eigenvalue weighted by Gasteiger charge is 2.01. The Labute approximate surface area is 84.7 Å². The highest BCUT2D eigenvalue weighted by molar-refractivity contribution is 6.30. The average Bonchev–Trinajstić information content (AvgIpc) is 2.69. The van der Waals surface area contributed by atoms with Gasteiger partial charge in [0.05, 0.1) is 0 Å². The summed E-state index contributed by atoms with van der Waals surface area (Å²) in [4.78, 5) is 3.94. The quantitative estimate of drug-likeness (QED) is 0.735. The van der Waals surface area contributed by atoms with Crippen molar-refractivity contribution in [2.75, 3.05) is 5.32 Å². The van der Waals surface area contributed by atoms with E-state index in [1.807, 2.05) is 12.1 Å². The van der Waals surface area contributed by atoms with E-state index < -0.39 is 0 Å². The van der Waals surface area contributed by atoms with Gasteiger partial charge in [-0.05, 0) is 11.3 Å². The molecule has 2 N–H and O–H groups in total. The second-order valence-corrected chi connectivity index (χ2v) is 2.90. The number of hydrogen-bond donors (Lipinski definition) is 2. The fraction of sp³-hybridized carbons (Fsp3) is 0.143. The molecule has 2 aromatic rings. The third-order valence-corrected chi connectivity index (χ3v) is 1.96. The van der Waals surface area contributed by atoms with Crippen LogP contribution in [0.5, 0.6) is 0 Å². The second kappa shape index (κ2) is 4.01. The molecule has 0 spiro atoms. The van der Waals surface area contributed by atoms with Crippen LogP contribution in [-0.2, 0) is 6.54 Å². The Kier molecular flexibility index (Phi) is 2.55. The molecule has 0 saturated heterocycles. The number of aromatic nitrogens is 5. The van der Waals surface area contributed by atoms with Crippen LogP contribution in [0.3, 0.4) is 0 Å². The van der Waals surface area contributed by atoms with E-state index in [2.05, 4.69) is 30.9 Å². The molecule has 0 bridgehead atoms. The van der Waals surface area contributed by atoms with Crippen LogP contribution in [0, 0.1) is 0 Å².